The molecule has 0 aliphatic carbocycles. The van der Waals surface area contributed by atoms with Crippen molar-refractivity contribution in [2.45, 2.75) is 32.0 Å². The number of carbonyl (C=O) groups is 1. The second-order valence-electron chi connectivity index (χ2n) is 4.25. The van der Waals surface area contributed by atoms with Crippen LogP contribution in [0.25, 0.3) is 0 Å². The minimum absolute atomic E-state index is 0.0267. The first kappa shape index (κ1) is 11.5. The van der Waals surface area contributed by atoms with Gasteiger partial charge in [0.05, 0.1) is 0 Å². The third-order valence-electron chi connectivity index (χ3n) is 3.34. The molecule has 3 unspecified atom stereocenters. The first-order valence-corrected chi connectivity index (χ1v) is 5.12. The van der Waals surface area contributed by atoms with E-state index in [-0.39, 0.29) is 18.0 Å². The topological polar surface area (TPSA) is 35.6 Å². The molecule has 0 aromatic rings. The molecule has 1 heterocycles. The van der Waals surface area contributed by atoms with Gasteiger partial charge in [-0.05, 0) is 27.9 Å². The zero-order valence-electron chi connectivity index (χ0n) is 9.74. The van der Waals surface area contributed by atoms with Crippen molar-refractivity contribution in [2.75, 3.05) is 27.7 Å². The van der Waals surface area contributed by atoms with Gasteiger partial charge in [-0.25, -0.2) is 0 Å². The van der Waals surface area contributed by atoms with Crippen molar-refractivity contribution in [3.05, 3.63) is 0 Å². The predicted molar refractivity (Wildman–Crippen MR) is 57.2 cm³/mol. The van der Waals surface area contributed by atoms with E-state index in [1.807, 2.05) is 7.05 Å². The van der Waals surface area contributed by atoms with Gasteiger partial charge in [0.1, 0.15) is 6.04 Å². The largest absolute Gasteiger partial charge is 0.358 e. The van der Waals surface area contributed by atoms with Gasteiger partial charge in [-0.15, -0.1) is 0 Å². The summed E-state index contributed by atoms with van der Waals surface area (Å²) in [4.78, 5) is 16.1. The quantitative estimate of drug-likeness (QED) is 0.471. The lowest BCUT2D eigenvalue weighted by molar-refractivity contribution is -0.130. The fourth-order valence-corrected chi connectivity index (χ4v) is 2.22. The highest BCUT2D eigenvalue weighted by atomic mass is 16.3. The van der Waals surface area contributed by atoms with Gasteiger partial charge >= 0.3 is 0 Å². The van der Waals surface area contributed by atoms with Gasteiger partial charge in [0.15, 0.2) is 0 Å². The molecular formula is C10H21N3O. The molecule has 0 spiro atoms. The van der Waals surface area contributed by atoms with Gasteiger partial charge in [-0.1, -0.05) is 0 Å². The van der Waals surface area contributed by atoms with Crippen LogP contribution in [0.1, 0.15) is 13.8 Å². The lowest BCUT2D eigenvalue weighted by atomic mass is 10.1. The van der Waals surface area contributed by atoms with E-state index >= 15 is 0 Å². The number of rotatable bonds is 1. The molecule has 0 aromatic carbocycles. The fraction of sp³-hybridized carbons (Fsp3) is 0.900. The molecule has 1 saturated heterocycles. The summed E-state index contributed by atoms with van der Waals surface area (Å²) in [5, 5.41) is 2.72. The van der Waals surface area contributed by atoms with Crippen LogP contribution < -0.4 is 5.32 Å². The Morgan fingerprint density at radius 2 is 1.93 bits per heavy atom. The SMILES string of the molecule is CC1CN(C)C([13C](=O)[15NH][13CH3])C(C)N1C. The second kappa shape index (κ2) is 4.28. The normalized spacial score (nSPS) is 35.6. The monoisotopic (exact) mass is 202 g/mol. The van der Waals surface area contributed by atoms with Crippen molar-refractivity contribution in [3.8, 4) is 0 Å². The van der Waals surface area contributed by atoms with Gasteiger partial charge in [0, 0.05) is 25.7 Å². The first-order valence-electron chi connectivity index (χ1n) is 5.12. The molecule has 0 bridgehead atoms. The second-order valence-corrected chi connectivity index (χ2v) is 4.25. The van der Waals surface area contributed by atoms with Crippen LogP contribution in [0.2, 0.25) is 0 Å². The maximum absolute atomic E-state index is 11.7. The zero-order chi connectivity index (χ0) is 10.9. The zero-order valence-corrected chi connectivity index (χ0v) is 9.74. The summed E-state index contributed by atoms with van der Waals surface area (Å²) in [7, 11) is 5.79. The minimum Gasteiger partial charge on any atom is -0.358 e. The van der Waals surface area contributed by atoms with Crippen molar-refractivity contribution in [3.63, 3.8) is 0 Å². The highest BCUT2D eigenvalue weighted by Gasteiger charge is 2.37. The van der Waals surface area contributed by atoms with E-state index < -0.39 is 0 Å². The Balaban J connectivity index is 2.78. The van der Waals surface area contributed by atoms with Gasteiger partial charge in [0.2, 0.25) is 5.91 Å². The van der Waals surface area contributed by atoms with Crippen molar-refractivity contribution >= 4 is 5.91 Å². The Hall–Kier alpha value is -0.610. The number of carbonyl (C=O) groups excluding carboxylic acids is 1. The summed E-state index contributed by atoms with van der Waals surface area (Å²) in [6.07, 6.45) is 0. The van der Waals surface area contributed by atoms with Crippen LogP contribution in [0.5, 0.6) is 0 Å². The standard InChI is InChI=1S/C10H21N3O/c1-7-6-12(4)9(10(14)11-3)8(2)13(7)5/h7-9H,6H2,1-5H3,(H,11,14)/i3+1,10+1,11+1. The van der Waals surface area contributed by atoms with Gasteiger partial charge in [-0.2, -0.15) is 0 Å². The Kier molecular flexibility index (Phi) is 3.50. The molecule has 4 nitrogen and oxygen atoms in total. The Bertz CT molecular complexity index is 219. The summed E-state index contributed by atoms with van der Waals surface area (Å²) < 4.78 is 0. The number of nitrogens with zero attached hydrogens (tertiary/aromatic N) is 2. The maximum atomic E-state index is 11.7. The van der Waals surface area contributed by atoms with E-state index in [2.05, 4.69) is 36.0 Å². The van der Waals surface area contributed by atoms with E-state index in [0.717, 1.165) is 6.54 Å². The highest BCUT2D eigenvalue weighted by Crippen LogP contribution is 2.18. The minimum atomic E-state index is -0.0267. The summed E-state index contributed by atoms with van der Waals surface area (Å²) in [5.74, 6) is 0.110. The summed E-state index contributed by atoms with van der Waals surface area (Å²) in [6, 6.07) is 0.751. The fourth-order valence-electron chi connectivity index (χ4n) is 2.22. The number of likely N-dealkylation sites (N-methyl/N-ethyl adjacent to an activating group) is 3. The van der Waals surface area contributed by atoms with Crippen molar-refractivity contribution in [1.29, 1.82) is 0 Å². The number of piperazine rings is 1. The molecule has 1 aliphatic rings. The summed E-state index contributed by atoms with van der Waals surface area (Å²) in [5.41, 5.74) is 0. The van der Waals surface area contributed by atoms with Crippen molar-refractivity contribution in [1.82, 2.24) is 15.1 Å². The lowest BCUT2D eigenvalue weighted by Crippen LogP contribution is -2.63. The molecule has 0 radical (unpaired) electrons. The van der Waals surface area contributed by atoms with Crippen LogP contribution in [0.3, 0.4) is 0 Å². The third-order valence-corrected chi connectivity index (χ3v) is 3.34. The van der Waals surface area contributed by atoms with E-state index in [4.69, 9.17) is 0 Å². The van der Waals surface area contributed by atoms with Crippen molar-refractivity contribution < 1.29 is 4.79 Å². The van der Waals surface area contributed by atoms with Gasteiger partial charge < -0.3 is 5.32 Å². The first-order chi connectivity index (χ1) is 6.49. The molecule has 1 amide bonds. The molecule has 0 saturated carbocycles. The predicted octanol–water partition coefficient (Wildman–Crippen LogP) is -0.245. The number of hydrogen-bond acceptors (Lipinski definition) is 3. The summed E-state index contributed by atoms with van der Waals surface area (Å²) in [6.45, 7) is 5.23. The van der Waals surface area contributed by atoms with E-state index in [1.165, 1.54) is 0 Å². The third kappa shape index (κ3) is 1.91. The molecule has 14 heavy (non-hydrogen) atoms. The van der Waals surface area contributed by atoms with E-state index in [9.17, 15) is 4.79 Å². The van der Waals surface area contributed by atoms with E-state index in [1.54, 1.807) is 7.05 Å². The average molecular weight is 202 g/mol. The Morgan fingerprint density at radius 1 is 1.36 bits per heavy atom. The van der Waals surface area contributed by atoms with Crippen molar-refractivity contribution in [2.24, 2.45) is 0 Å². The van der Waals surface area contributed by atoms with Crippen LogP contribution in [-0.4, -0.2) is 61.5 Å². The molecule has 0 aromatic heterocycles. The maximum Gasteiger partial charge on any atom is 0.238 e. The highest BCUT2D eigenvalue weighted by molar-refractivity contribution is 5.82. The average Bonchev–Trinajstić information content (AvgIpc) is 2.14. The van der Waals surface area contributed by atoms with Crippen LogP contribution >= 0.6 is 0 Å². The van der Waals surface area contributed by atoms with Crippen LogP contribution in [0.4, 0.5) is 0 Å². The van der Waals surface area contributed by atoms with Crippen LogP contribution in [0, 0.1) is 0 Å². The van der Waals surface area contributed by atoms with Crippen LogP contribution in [-0.2, 0) is 4.79 Å². The molecule has 82 valence electrons. The summed E-state index contributed by atoms with van der Waals surface area (Å²) >= 11 is 0. The Morgan fingerprint density at radius 3 is 2.43 bits per heavy atom. The van der Waals surface area contributed by atoms with Gasteiger partial charge in [-0.3, -0.25) is 14.6 Å². The molecular weight excluding hydrogens is 181 g/mol. The van der Waals surface area contributed by atoms with Crippen LogP contribution in [0.15, 0.2) is 0 Å². The van der Waals surface area contributed by atoms with E-state index in [0.29, 0.717) is 6.04 Å². The number of nitrogens with one attached hydrogen (secondary N) is 1. The lowest BCUT2D eigenvalue weighted by Gasteiger charge is -2.46. The van der Waals surface area contributed by atoms with Gasteiger partial charge in [0.25, 0.3) is 0 Å². The molecule has 1 aliphatic heterocycles. The number of amides is 1. The number of hydrogen-bond donors (Lipinski definition) is 1. The molecule has 4 heteroatoms. The smallest absolute Gasteiger partial charge is 0.238 e. The molecule has 1 fully saturated rings. The molecule has 3 atom stereocenters. The Labute approximate surface area is 86.2 Å². The molecule has 1 rings (SSSR count). The molecule has 1 N–H and O–H groups in total.